The van der Waals surface area contributed by atoms with Crippen LogP contribution in [0.25, 0.3) is 11.0 Å². The predicted octanol–water partition coefficient (Wildman–Crippen LogP) is 3.64. The molecule has 4 rings (SSSR count). The highest BCUT2D eigenvalue weighted by molar-refractivity contribution is 7.90. The van der Waals surface area contributed by atoms with Crippen molar-refractivity contribution in [3.8, 4) is 17.6 Å². The molecule has 0 aliphatic carbocycles. The number of imidazole rings is 1. The van der Waals surface area contributed by atoms with Crippen LogP contribution in [0.15, 0.2) is 41.6 Å². The number of aromatic nitrogens is 2. The first-order chi connectivity index (χ1) is 19.6. The maximum Gasteiger partial charge on any atom is 0.406 e. The van der Waals surface area contributed by atoms with E-state index in [0.717, 1.165) is 17.2 Å². The smallest absolute Gasteiger partial charge is 0.406 e. The van der Waals surface area contributed by atoms with Crippen LogP contribution in [0.4, 0.5) is 23.2 Å². The molecule has 1 saturated heterocycles. The highest BCUT2D eigenvalue weighted by Crippen LogP contribution is 2.29. The molecule has 9 nitrogen and oxygen atoms in total. The fourth-order valence-electron chi connectivity index (χ4n) is 4.90. The number of amides is 1. The average Bonchev–Trinajstić information content (AvgIpc) is 3.27. The lowest BCUT2D eigenvalue weighted by Gasteiger charge is -2.39. The Hall–Kier alpha value is -3.83. The molecule has 1 aliphatic heterocycles. The van der Waals surface area contributed by atoms with Crippen molar-refractivity contribution in [2.75, 3.05) is 45.4 Å². The Labute approximate surface area is 241 Å². The van der Waals surface area contributed by atoms with E-state index in [9.17, 15) is 26.4 Å². The summed E-state index contributed by atoms with van der Waals surface area (Å²) in [6.07, 6.45) is -2.10. The van der Waals surface area contributed by atoms with E-state index in [2.05, 4.69) is 27.5 Å². The minimum absolute atomic E-state index is 0.0146. The molecule has 2 N–H and O–H groups in total. The van der Waals surface area contributed by atoms with Gasteiger partial charge in [0.2, 0.25) is 0 Å². The van der Waals surface area contributed by atoms with Crippen LogP contribution in [0.1, 0.15) is 29.3 Å². The molecule has 2 atom stereocenters. The van der Waals surface area contributed by atoms with E-state index in [-0.39, 0.29) is 40.1 Å². The Morgan fingerprint density at radius 3 is 2.64 bits per heavy atom. The third kappa shape index (κ3) is 7.32. The highest BCUT2D eigenvalue weighted by Gasteiger charge is 2.40. The van der Waals surface area contributed by atoms with Crippen LogP contribution < -0.4 is 15.4 Å². The second-order valence-electron chi connectivity index (χ2n) is 10.5. The monoisotopic (exact) mass is 609 g/mol. The van der Waals surface area contributed by atoms with Crippen LogP contribution >= 0.6 is 0 Å². The summed E-state index contributed by atoms with van der Waals surface area (Å²) in [5.41, 5.74) is -1.04. The van der Waals surface area contributed by atoms with E-state index >= 15 is 4.39 Å². The van der Waals surface area contributed by atoms with Crippen molar-refractivity contribution in [2.45, 2.75) is 42.7 Å². The number of piperidine rings is 1. The van der Waals surface area contributed by atoms with Gasteiger partial charge >= 0.3 is 6.18 Å². The third-order valence-corrected chi connectivity index (χ3v) is 8.04. The number of benzene rings is 2. The number of alkyl halides is 4. The lowest BCUT2D eigenvalue weighted by atomic mass is 9.90. The molecule has 1 aromatic heterocycles. The van der Waals surface area contributed by atoms with Gasteiger partial charge in [-0.3, -0.25) is 4.79 Å². The van der Waals surface area contributed by atoms with Crippen molar-refractivity contribution < 1.29 is 35.5 Å². The largest absolute Gasteiger partial charge is 0.495 e. The Morgan fingerprint density at radius 1 is 1.26 bits per heavy atom. The maximum absolute atomic E-state index is 15.3. The van der Waals surface area contributed by atoms with Gasteiger partial charge in [-0.25, -0.2) is 17.8 Å². The van der Waals surface area contributed by atoms with Gasteiger partial charge in [-0.15, -0.1) is 0 Å². The minimum Gasteiger partial charge on any atom is -0.495 e. The van der Waals surface area contributed by atoms with Crippen molar-refractivity contribution in [3.05, 3.63) is 47.8 Å². The Morgan fingerprint density at radius 2 is 2.00 bits per heavy atom. The molecule has 0 radical (unpaired) electrons. The van der Waals surface area contributed by atoms with Gasteiger partial charge in [0.05, 0.1) is 47.7 Å². The zero-order valence-electron chi connectivity index (χ0n) is 23.5. The number of nitrogens with one attached hydrogen (secondary N) is 2. The molecule has 0 bridgehead atoms. The summed E-state index contributed by atoms with van der Waals surface area (Å²) in [5.74, 6) is 5.39. The summed E-state index contributed by atoms with van der Waals surface area (Å²) >= 11 is 0. The van der Waals surface area contributed by atoms with Gasteiger partial charge < -0.3 is 24.8 Å². The molecule has 0 saturated carbocycles. The summed E-state index contributed by atoms with van der Waals surface area (Å²) in [6.45, 7) is 0.773. The van der Waals surface area contributed by atoms with E-state index in [1.807, 2.05) is 4.90 Å². The molecule has 0 unspecified atom stereocenters. The van der Waals surface area contributed by atoms with Crippen molar-refractivity contribution in [1.29, 1.82) is 0 Å². The van der Waals surface area contributed by atoms with Gasteiger partial charge in [0, 0.05) is 24.9 Å². The van der Waals surface area contributed by atoms with Crippen LogP contribution in [-0.2, 0) is 16.4 Å². The number of hydrogen-bond donors (Lipinski definition) is 2. The number of anilines is 1. The number of hydrogen-bond acceptors (Lipinski definition) is 7. The summed E-state index contributed by atoms with van der Waals surface area (Å²) in [4.78, 5) is 19.3. The molecular weight excluding hydrogens is 578 g/mol. The van der Waals surface area contributed by atoms with Crippen LogP contribution in [0.2, 0.25) is 0 Å². The molecular formula is C28H31F4N5O4S. The first-order valence-electron chi connectivity index (χ1n) is 12.9. The molecule has 1 fully saturated rings. The van der Waals surface area contributed by atoms with Gasteiger partial charge in [-0.1, -0.05) is 11.8 Å². The Kier molecular flexibility index (Phi) is 8.75. The van der Waals surface area contributed by atoms with Crippen LogP contribution in [0.5, 0.6) is 5.75 Å². The molecule has 1 amide bonds. The number of nitrogens with zero attached hydrogens (tertiary/aromatic N) is 3. The first-order valence-corrected chi connectivity index (χ1v) is 14.8. The number of carbonyl (C=O) groups is 1. The minimum atomic E-state index is -4.54. The first kappa shape index (κ1) is 31.1. The fourth-order valence-corrected chi connectivity index (χ4v) is 5.54. The Balaban J connectivity index is 1.65. The third-order valence-electron chi connectivity index (χ3n) is 6.93. The van der Waals surface area contributed by atoms with Crippen LogP contribution in [0, 0.1) is 11.8 Å². The van der Waals surface area contributed by atoms with Gasteiger partial charge in [0.15, 0.2) is 9.84 Å². The molecule has 14 heteroatoms. The number of carbonyl (C=O) groups excluding carboxylic acids is 1. The molecule has 226 valence electrons. The maximum atomic E-state index is 15.3. The van der Waals surface area contributed by atoms with Gasteiger partial charge in [0.1, 0.15) is 23.5 Å². The number of fused-ring (bicyclic) bond motifs is 1. The van der Waals surface area contributed by atoms with E-state index < -0.39 is 40.2 Å². The second kappa shape index (κ2) is 11.8. The van der Waals surface area contributed by atoms with E-state index in [1.54, 1.807) is 7.05 Å². The summed E-state index contributed by atoms with van der Waals surface area (Å²) in [6, 6.07) is 6.32. The zero-order chi connectivity index (χ0) is 30.9. The quantitative estimate of drug-likeness (QED) is 0.311. The number of halogens is 4. The molecule has 1 aliphatic rings. The Bertz CT molecular complexity index is 1660. The van der Waals surface area contributed by atoms with Crippen molar-refractivity contribution >= 4 is 32.5 Å². The van der Waals surface area contributed by atoms with Gasteiger partial charge in [-0.2, -0.15) is 13.2 Å². The molecule has 2 aromatic carbocycles. The SMILES string of the molecule is COc1ccc(S(C)(=O)=O)cc1NCC#Cc1cc(C(=O)N[C@H]2CCN(C)C[C@]2(C)F)c2ncn(CC(F)(F)F)c2c1. The van der Waals surface area contributed by atoms with E-state index in [0.29, 0.717) is 24.4 Å². The number of ether oxygens (including phenoxy) is 1. The van der Waals surface area contributed by atoms with Gasteiger partial charge in [-0.05, 0) is 50.7 Å². The molecule has 42 heavy (non-hydrogen) atoms. The van der Waals surface area contributed by atoms with Crippen molar-refractivity contribution in [3.63, 3.8) is 0 Å². The number of sulfone groups is 1. The normalized spacial score (nSPS) is 19.7. The number of likely N-dealkylation sites (tertiary alicyclic amines) is 1. The lowest BCUT2D eigenvalue weighted by molar-refractivity contribution is -0.139. The van der Waals surface area contributed by atoms with Crippen LogP contribution in [-0.4, -0.2) is 86.7 Å². The zero-order valence-corrected chi connectivity index (χ0v) is 24.3. The predicted molar refractivity (Wildman–Crippen MR) is 150 cm³/mol. The second-order valence-corrected chi connectivity index (χ2v) is 12.5. The van der Waals surface area contributed by atoms with E-state index in [4.69, 9.17) is 4.74 Å². The number of methoxy groups -OCH3 is 1. The van der Waals surface area contributed by atoms with E-state index in [1.165, 1.54) is 44.4 Å². The fraction of sp³-hybridized carbons (Fsp3) is 0.429. The molecule has 3 aromatic rings. The van der Waals surface area contributed by atoms with Gasteiger partial charge in [0.25, 0.3) is 5.91 Å². The standard InChI is InChI=1S/C28H31F4N5O4S/c1-27(29)15-36(2)11-9-24(27)35-26(38)20-12-18(13-22-25(20)34-17-37(22)16-28(30,31)32)6-5-10-33-21-14-19(42(4,39)40)7-8-23(21)41-3/h7-8,12-14,17,24,33H,9-11,15-16H2,1-4H3,(H,35,38)/t24-,27-/m0/s1. The highest BCUT2D eigenvalue weighted by atomic mass is 32.2. The summed E-state index contributed by atoms with van der Waals surface area (Å²) < 4.78 is 85.0. The van der Waals surface area contributed by atoms with Crippen LogP contribution in [0.3, 0.4) is 0 Å². The lowest BCUT2D eigenvalue weighted by Crippen LogP contribution is -2.58. The number of rotatable bonds is 7. The topological polar surface area (TPSA) is 106 Å². The van der Waals surface area contributed by atoms with Crippen molar-refractivity contribution in [1.82, 2.24) is 19.8 Å². The van der Waals surface area contributed by atoms with Crippen molar-refractivity contribution in [2.24, 2.45) is 0 Å². The summed E-state index contributed by atoms with van der Waals surface area (Å²) in [7, 11) is -0.268. The molecule has 0 spiro atoms. The molecule has 2 heterocycles. The summed E-state index contributed by atoms with van der Waals surface area (Å²) in [5, 5.41) is 5.68. The average molecular weight is 610 g/mol.